The first-order valence-corrected chi connectivity index (χ1v) is 10.3. The molecule has 1 saturated heterocycles. The maximum atomic E-state index is 12.5. The molecule has 2 heterocycles. The molecule has 3 aromatic rings. The average molecular weight is 438 g/mol. The summed E-state index contributed by atoms with van der Waals surface area (Å²) in [6, 6.07) is 16.8. The van der Waals surface area contributed by atoms with Gasteiger partial charge < -0.3 is 34.1 Å². The molecule has 3 N–H and O–H groups in total. The van der Waals surface area contributed by atoms with Gasteiger partial charge in [-0.1, -0.05) is 48.5 Å². The lowest BCUT2D eigenvalue weighted by molar-refractivity contribution is -0.124. The maximum Gasteiger partial charge on any atom is 0.635 e. The number of cyclic esters (lactones) is 1. The zero-order valence-electron chi connectivity index (χ0n) is 17.2. The molecule has 4 rings (SSSR count). The molecule has 32 heavy (non-hydrogen) atoms. The molecule has 0 saturated carbocycles. The smallest absolute Gasteiger partial charge is 0.464 e. The number of ether oxygens (including phenoxy) is 1. The fourth-order valence-corrected chi connectivity index (χ4v) is 3.69. The van der Waals surface area contributed by atoms with Crippen LogP contribution in [0.4, 0.5) is 4.79 Å². The van der Waals surface area contributed by atoms with Gasteiger partial charge in [0.15, 0.2) is 0 Å². The summed E-state index contributed by atoms with van der Waals surface area (Å²) in [6.45, 7) is 0.517. The van der Waals surface area contributed by atoms with Crippen LogP contribution in [0.3, 0.4) is 0 Å². The number of nitrogens with one attached hydrogen (secondary N) is 1. The quantitative estimate of drug-likeness (QED) is 0.345. The molecule has 0 bridgehead atoms. The zero-order valence-corrected chi connectivity index (χ0v) is 17.2. The van der Waals surface area contributed by atoms with E-state index in [0.29, 0.717) is 12.1 Å². The van der Waals surface area contributed by atoms with E-state index in [1.165, 1.54) is 4.90 Å². The Kier molecular flexibility index (Phi) is 6.74. The minimum absolute atomic E-state index is 0.00410. The molecule has 1 fully saturated rings. The Morgan fingerprint density at radius 1 is 1.19 bits per heavy atom. The Balaban J connectivity index is 1.33. The van der Waals surface area contributed by atoms with Crippen molar-refractivity contribution in [1.82, 2.24) is 10.2 Å². The molecule has 0 radical (unpaired) electrons. The third-order valence-corrected chi connectivity index (χ3v) is 5.24. The highest BCUT2D eigenvalue weighted by Gasteiger charge is 2.32. The SMILES string of the molecule is O=C(CCN1CC(c2ccccc2)OC1=O)N[C@@H](Cc1coc2ccccc12)OB(O)O. The normalized spacial score (nSPS) is 16.8. The Bertz CT molecular complexity index is 1070. The van der Waals surface area contributed by atoms with Crippen LogP contribution in [-0.4, -0.2) is 53.6 Å². The molecule has 1 aliphatic rings. The highest BCUT2D eigenvalue weighted by Crippen LogP contribution is 2.26. The van der Waals surface area contributed by atoms with E-state index in [4.69, 9.17) is 13.8 Å². The Labute approximate surface area is 184 Å². The maximum absolute atomic E-state index is 12.5. The third-order valence-electron chi connectivity index (χ3n) is 5.24. The molecule has 0 aliphatic carbocycles. The second kappa shape index (κ2) is 9.86. The van der Waals surface area contributed by atoms with Gasteiger partial charge in [-0.05, 0) is 11.6 Å². The molecule has 0 spiro atoms. The average Bonchev–Trinajstić information content (AvgIpc) is 3.36. The lowest BCUT2D eigenvalue weighted by Crippen LogP contribution is -2.43. The van der Waals surface area contributed by atoms with Gasteiger partial charge in [-0.3, -0.25) is 4.79 Å². The Morgan fingerprint density at radius 2 is 1.94 bits per heavy atom. The number of fused-ring (bicyclic) bond motifs is 1. The summed E-state index contributed by atoms with van der Waals surface area (Å²) in [7, 11) is -2.06. The summed E-state index contributed by atoms with van der Waals surface area (Å²) in [5.41, 5.74) is 2.32. The monoisotopic (exact) mass is 438 g/mol. The zero-order chi connectivity index (χ0) is 22.5. The van der Waals surface area contributed by atoms with E-state index in [9.17, 15) is 19.6 Å². The lowest BCUT2D eigenvalue weighted by atomic mass is 10.1. The Hall–Kier alpha value is -3.34. The van der Waals surface area contributed by atoms with E-state index < -0.39 is 25.5 Å². The summed E-state index contributed by atoms with van der Waals surface area (Å²) >= 11 is 0. The molecule has 2 aromatic carbocycles. The second-order valence-corrected chi connectivity index (χ2v) is 7.46. The van der Waals surface area contributed by atoms with E-state index in [2.05, 4.69) is 5.32 Å². The number of hydrogen-bond acceptors (Lipinski definition) is 7. The van der Waals surface area contributed by atoms with Crippen molar-refractivity contribution in [3.63, 3.8) is 0 Å². The van der Waals surface area contributed by atoms with Crippen LogP contribution in [0, 0.1) is 0 Å². The van der Waals surface area contributed by atoms with Crippen molar-refractivity contribution < 1.29 is 33.4 Å². The molecule has 2 atom stereocenters. The van der Waals surface area contributed by atoms with Gasteiger partial charge in [-0.2, -0.15) is 0 Å². The van der Waals surface area contributed by atoms with Gasteiger partial charge in [0.05, 0.1) is 12.8 Å². The number of carbonyl (C=O) groups excluding carboxylic acids is 2. The summed E-state index contributed by atoms with van der Waals surface area (Å²) in [5, 5.41) is 22.0. The van der Waals surface area contributed by atoms with E-state index in [-0.39, 0.29) is 25.5 Å². The van der Waals surface area contributed by atoms with Gasteiger partial charge in [-0.25, -0.2) is 4.79 Å². The van der Waals surface area contributed by atoms with Crippen molar-refractivity contribution in [3.05, 3.63) is 72.0 Å². The fourth-order valence-electron chi connectivity index (χ4n) is 3.69. The lowest BCUT2D eigenvalue weighted by Gasteiger charge is -2.20. The van der Waals surface area contributed by atoms with Crippen LogP contribution in [-0.2, 0) is 20.6 Å². The van der Waals surface area contributed by atoms with Crippen LogP contribution in [0.2, 0.25) is 0 Å². The number of rotatable bonds is 9. The van der Waals surface area contributed by atoms with Crippen LogP contribution in [0.5, 0.6) is 0 Å². The van der Waals surface area contributed by atoms with Crippen molar-refractivity contribution in [1.29, 1.82) is 0 Å². The summed E-state index contributed by atoms with van der Waals surface area (Å²) in [5.74, 6) is -0.403. The number of amides is 2. The molecule has 10 heteroatoms. The van der Waals surface area contributed by atoms with Gasteiger partial charge in [0, 0.05) is 30.3 Å². The van der Waals surface area contributed by atoms with Crippen molar-refractivity contribution in [3.8, 4) is 0 Å². The molecule has 1 aliphatic heterocycles. The van der Waals surface area contributed by atoms with Crippen LogP contribution in [0.15, 0.2) is 65.3 Å². The third kappa shape index (κ3) is 5.28. The number of para-hydroxylation sites is 1. The van der Waals surface area contributed by atoms with Gasteiger partial charge in [0.2, 0.25) is 5.91 Å². The van der Waals surface area contributed by atoms with Crippen LogP contribution in [0.1, 0.15) is 23.7 Å². The van der Waals surface area contributed by atoms with E-state index in [1.807, 2.05) is 54.6 Å². The number of nitrogens with zero attached hydrogens (tertiary/aromatic N) is 1. The van der Waals surface area contributed by atoms with Crippen LogP contribution < -0.4 is 5.32 Å². The first-order chi connectivity index (χ1) is 15.5. The van der Waals surface area contributed by atoms with Crippen molar-refractivity contribution in [2.75, 3.05) is 13.1 Å². The topological polar surface area (TPSA) is 121 Å². The van der Waals surface area contributed by atoms with Gasteiger partial charge >= 0.3 is 13.4 Å². The minimum Gasteiger partial charge on any atom is -0.464 e. The summed E-state index contributed by atoms with van der Waals surface area (Å²) in [6.07, 6.45) is -0.129. The molecule has 2 amide bonds. The van der Waals surface area contributed by atoms with E-state index in [0.717, 1.165) is 16.5 Å². The predicted molar refractivity (Wildman–Crippen MR) is 115 cm³/mol. The van der Waals surface area contributed by atoms with Gasteiger partial charge in [0.25, 0.3) is 0 Å². The first kappa shape index (κ1) is 21.9. The number of benzene rings is 2. The molecule has 9 nitrogen and oxygen atoms in total. The van der Waals surface area contributed by atoms with E-state index >= 15 is 0 Å². The van der Waals surface area contributed by atoms with E-state index in [1.54, 1.807) is 6.26 Å². The second-order valence-electron chi connectivity index (χ2n) is 7.46. The summed E-state index contributed by atoms with van der Waals surface area (Å²) < 4.78 is 15.9. The first-order valence-electron chi connectivity index (χ1n) is 10.3. The molecular formula is C22H23BN2O7. The minimum atomic E-state index is -2.06. The molecule has 166 valence electrons. The molecule has 1 aromatic heterocycles. The van der Waals surface area contributed by atoms with Gasteiger partial charge in [0.1, 0.15) is 17.9 Å². The van der Waals surface area contributed by atoms with Crippen molar-refractivity contribution in [2.24, 2.45) is 0 Å². The largest absolute Gasteiger partial charge is 0.635 e. The Morgan fingerprint density at radius 3 is 2.72 bits per heavy atom. The van der Waals surface area contributed by atoms with Crippen LogP contribution in [0.25, 0.3) is 11.0 Å². The molecular weight excluding hydrogens is 415 g/mol. The standard InChI is InChI=1S/C22H23BN2O7/c26-20(10-11-25-13-19(31-22(25)27)15-6-2-1-3-7-15)24-21(32-23(28)29)12-16-14-30-18-9-5-4-8-17(16)18/h1-9,14,19,21,28-29H,10-13H2,(H,24,26)/t19?,21-/m1/s1. The van der Waals surface area contributed by atoms with Crippen molar-refractivity contribution in [2.45, 2.75) is 25.2 Å². The highest BCUT2D eigenvalue weighted by molar-refractivity contribution is 6.32. The number of carbonyl (C=O) groups is 2. The van der Waals surface area contributed by atoms with Crippen molar-refractivity contribution >= 4 is 30.3 Å². The fraction of sp³-hybridized carbons (Fsp3) is 0.273. The predicted octanol–water partition coefficient (Wildman–Crippen LogP) is 1.99. The van der Waals surface area contributed by atoms with Gasteiger partial charge in [-0.15, -0.1) is 0 Å². The van der Waals surface area contributed by atoms with Crippen LogP contribution >= 0.6 is 0 Å². The number of furan rings is 1. The number of hydrogen-bond donors (Lipinski definition) is 3. The summed E-state index contributed by atoms with van der Waals surface area (Å²) in [4.78, 5) is 26.1. The highest BCUT2D eigenvalue weighted by atomic mass is 16.6. The molecule has 1 unspecified atom stereocenters.